The minimum Gasteiger partial charge on any atom is -0.394 e. The normalized spacial score (nSPS) is 19.6. The van der Waals surface area contributed by atoms with Crippen LogP contribution >= 0.6 is 0 Å². The second kappa shape index (κ2) is 57.3. The van der Waals surface area contributed by atoms with Crippen molar-refractivity contribution in [2.45, 2.75) is 275 Å². The Hall–Kier alpha value is -3.93. The molecule has 0 aromatic heterocycles. The van der Waals surface area contributed by atoms with E-state index in [1.165, 1.54) is 89.9 Å². The van der Waals surface area contributed by atoms with Gasteiger partial charge in [-0.05, 0) is 116 Å². The fourth-order valence-electron chi connectivity index (χ4n) is 8.94. The lowest BCUT2D eigenvalue weighted by molar-refractivity contribution is -0.302. The predicted molar refractivity (Wildman–Crippen MR) is 336 cm³/mol. The van der Waals surface area contributed by atoms with E-state index in [-0.39, 0.29) is 12.5 Å². The van der Waals surface area contributed by atoms with Crippen LogP contribution in [-0.2, 0) is 14.3 Å². The summed E-state index contributed by atoms with van der Waals surface area (Å²) in [6.07, 6.45) is 82.1. The molecule has 0 spiro atoms. The molecule has 448 valence electrons. The maximum atomic E-state index is 13.1. The smallest absolute Gasteiger partial charge is 0.220 e. The minimum absolute atomic E-state index is 0.200. The number of aliphatic hydroxyl groups excluding tert-OH is 5. The van der Waals surface area contributed by atoms with Gasteiger partial charge in [0.1, 0.15) is 24.4 Å². The Morgan fingerprint density at radius 2 is 0.797 bits per heavy atom. The molecule has 0 aromatic rings. The highest BCUT2D eigenvalue weighted by atomic mass is 16.7. The Labute approximate surface area is 483 Å². The van der Waals surface area contributed by atoms with Gasteiger partial charge in [0.2, 0.25) is 5.91 Å². The third-order valence-corrected chi connectivity index (χ3v) is 13.9. The number of carbonyl (C=O) groups is 1. The van der Waals surface area contributed by atoms with Crippen LogP contribution < -0.4 is 5.32 Å². The molecule has 1 saturated heterocycles. The molecule has 9 nitrogen and oxygen atoms in total. The van der Waals surface area contributed by atoms with Gasteiger partial charge in [0.15, 0.2) is 6.29 Å². The molecule has 79 heavy (non-hydrogen) atoms. The van der Waals surface area contributed by atoms with Gasteiger partial charge in [-0.2, -0.15) is 0 Å². The van der Waals surface area contributed by atoms with Gasteiger partial charge in [-0.3, -0.25) is 4.79 Å². The number of hydrogen-bond donors (Lipinski definition) is 6. The van der Waals surface area contributed by atoms with Crippen LogP contribution in [0.5, 0.6) is 0 Å². The Morgan fingerprint density at radius 1 is 0.443 bits per heavy atom. The van der Waals surface area contributed by atoms with Gasteiger partial charge in [0, 0.05) is 6.42 Å². The second-order valence-corrected chi connectivity index (χ2v) is 21.1. The summed E-state index contributed by atoms with van der Waals surface area (Å²) in [7, 11) is 0. The molecule has 9 heteroatoms. The summed E-state index contributed by atoms with van der Waals surface area (Å²) in [4.78, 5) is 13.1. The highest BCUT2D eigenvalue weighted by molar-refractivity contribution is 5.76. The number of hydrogen-bond acceptors (Lipinski definition) is 8. The monoisotopic (exact) mass is 1100 g/mol. The van der Waals surface area contributed by atoms with Crippen molar-refractivity contribution in [1.29, 1.82) is 0 Å². The van der Waals surface area contributed by atoms with Gasteiger partial charge in [-0.25, -0.2) is 0 Å². The van der Waals surface area contributed by atoms with Gasteiger partial charge in [0.05, 0.1) is 25.4 Å². The Bertz CT molecular complexity index is 1750. The molecule has 1 rings (SSSR count). The van der Waals surface area contributed by atoms with E-state index in [0.29, 0.717) is 6.42 Å². The van der Waals surface area contributed by atoms with Crippen molar-refractivity contribution in [2.24, 2.45) is 0 Å². The first-order valence-corrected chi connectivity index (χ1v) is 31.6. The van der Waals surface area contributed by atoms with Crippen molar-refractivity contribution < 1.29 is 39.8 Å². The predicted octanol–water partition coefficient (Wildman–Crippen LogP) is 16.6. The van der Waals surface area contributed by atoms with Crippen molar-refractivity contribution in [2.75, 3.05) is 13.2 Å². The van der Waals surface area contributed by atoms with Crippen LogP contribution in [0.15, 0.2) is 146 Å². The fraction of sp³-hybridized carbons (Fsp3) is 0.643. The first-order chi connectivity index (χ1) is 38.8. The highest BCUT2D eigenvalue weighted by Crippen LogP contribution is 2.23. The Morgan fingerprint density at radius 3 is 1.22 bits per heavy atom. The van der Waals surface area contributed by atoms with Crippen molar-refractivity contribution in [3.05, 3.63) is 146 Å². The second-order valence-electron chi connectivity index (χ2n) is 21.1. The summed E-state index contributed by atoms with van der Waals surface area (Å²) in [5.41, 5.74) is 0. The quantitative estimate of drug-likeness (QED) is 0.0261. The number of carbonyl (C=O) groups excluding carboxylic acids is 1. The minimum atomic E-state index is -1.58. The van der Waals surface area contributed by atoms with Crippen molar-refractivity contribution in [3.63, 3.8) is 0 Å². The molecular formula is C70H115NO8. The van der Waals surface area contributed by atoms with Crippen LogP contribution in [0.1, 0.15) is 232 Å². The summed E-state index contributed by atoms with van der Waals surface area (Å²) in [6, 6.07) is -0.840. The van der Waals surface area contributed by atoms with Crippen LogP contribution in [0, 0.1) is 0 Å². The Kier molecular flexibility index (Phi) is 53.0. The Balaban J connectivity index is 2.17. The molecule has 1 heterocycles. The molecule has 1 aliphatic rings. The van der Waals surface area contributed by atoms with E-state index < -0.39 is 49.5 Å². The van der Waals surface area contributed by atoms with Crippen molar-refractivity contribution >= 4 is 5.91 Å². The van der Waals surface area contributed by atoms with E-state index in [0.717, 1.165) is 122 Å². The van der Waals surface area contributed by atoms with E-state index in [1.54, 1.807) is 6.08 Å². The zero-order valence-electron chi connectivity index (χ0n) is 49.8. The molecule has 1 fully saturated rings. The van der Waals surface area contributed by atoms with Gasteiger partial charge in [0.25, 0.3) is 0 Å². The molecule has 0 bridgehead atoms. The van der Waals surface area contributed by atoms with E-state index in [1.807, 2.05) is 6.08 Å². The summed E-state index contributed by atoms with van der Waals surface area (Å²) < 4.78 is 11.3. The van der Waals surface area contributed by atoms with Crippen LogP contribution in [0.25, 0.3) is 0 Å². The molecule has 6 N–H and O–H groups in total. The van der Waals surface area contributed by atoms with E-state index in [2.05, 4.69) is 153 Å². The molecular weight excluding hydrogens is 983 g/mol. The molecule has 0 aliphatic carbocycles. The summed E-state index contributed by atoms with van der Waals surface area (Å²) in [5, 5.41) is 54.5. The molecule has 0 aromatic carbocycles. The summed E-state index contributed by atoms with van der Waals surface area (Å²) >= 11 is 0. The average Bonchev–Trinajstić information content (AvgIpc) is 3.48. The maximum absolute atomic E-state index is 13.1. The third-order valence-electron chi connectivity index (χ3n) is 13.9. The van der Waals surface area contributed by atoms with Gasteiger partial charge < -0.3 is 40.3 Å². The summed E-state index contributed by atoms with van der Waals surface area (Å²) in [5.74, 6) is -0.200. The topological polar surface area (TPSA) is 149 Å². The number of nitrogens with one attached hydrogen (secondary N) is 1. The molecule has 0 saturated carbocycles. The highest BCUT2D eigenvalue weighted by Gasteiger charge is 2.44. The standard InChI is InChI=1S/C70H115NO8/c1-3-5-7-9-11-13-15-17-19-21-22-23-24-25-26-27-28-29-30-31-32-33-34-35-36-37-38-39-40-41-42-44-46-48-50-52-54-56-58-60-66(74)71-63(62-78-70-69(77)68(76)67(75)65(61-72)79-70)64(73)59-57-55-53-51-49-47-45-43-20-18-16-14-12-10-8-6-4-2/h5,7,11,13,17,19-20,22-23,25-26,28-29,31-32,34-35,37-38,43,49,51,57,59,63-65,67-70,72-73,75-77H,3-4,6,8-10,12,14-16,18,21,24,27,30,33,36,39-42,44-48,50,52-56,58,60-62H2,1-2H3,(H,71,74)/b7-5-,13-11-,19-17-,23-22-,26-25-,29-28-,32-31-,35-34-,38-37-,43-20+,51-49+,59-57+. The third kappa shape index (κ3) is 46.4. The van der Waals surface area contributed by atoms with Crippen LogP contribution in [0.2, 0.25) is 0 Å². The fourth-order valence-corrected chi connectivity index (χ4v) is 8.94. The zero-order valence-corrected chi connectivity index (χ0v) is 49.8. The summed E-state index contributed by atoms with van der Waals surface area (Å²) in [6.45, 7) is 3.62. The molecule has 7 atom stereocenters. The van der Waals surface area contributed by atoms with Gasteiger partial charge in [-0.1, -0.05) is 256 Å². The van der Waals surface area contributed by atoms with Crippen LogP contribution in [0.4, 0.5) is 0 Å². The first kappa shape index (κ1) is 73.1. The van der Waals surface area contributed by atoms with Crippen molar-refractivity contribution in [3.8, 4) is 0 Å². The molecule has 1 amide bonds. The lowest BCUT2D eigenvalue weighted by Crippen LogP contribution is -2.60. The van der Waals surface area contributed by atoms with Crippen LogP contribution in [0.3, 0.4) is 0 Å². The number of ether oxygens (including phenoxy) is 2. The maximum Gasteiger partial charge on any atom is 0.220 e. The number of aliphatic hydroxyl groups is 5. The molecule has 7 unspecified atom stereocenters. The van der Waals surface area contributed by atoms with Gasteiger partial charge in [-0.15, -0.1) is 0 Å². The lowest BCUT2D eigenvalue weighted by Gasteiger charge is -2.40. The first-order valence-electron chi connectivity index (χ1n) is 31.6. The van der Waals surface area contributed by atoms with Gasteiger partial charge >= 0.3 is 0 Å². The number of rotatable bonds is 52. The van der Waals surface area contributed by atoms with E-state index >= 15 is 0 Å². The molecule has 0 radical (unpaired) electrons. The number of allylic oxidation sites excluding steroid dienone is 23. The number of amides is 1. The average molecular weight is 1100 g/mol. The van der Waals surface area contributed by atoms with Crippen molar-refractivity contribution in [1.82, 2.24) is 5.32 Å². The SMILES string of the molecule is CC/C=C\C/C=C\C/C=C\C/C=C\C/C=C\C/C=C\C/C=C\C/C=C\C/C=C\CCCCCCCCCCCCCC(=O)NC(COC1OC(CO)C(O)C(O)C1O)C(O)/C=C/CC/C=C/CC/C=C/CCCCCCCCC. The van der Waals surface area contributed by atoms with E-state index in [9.17, 15) is 30.3 Å². The van der Waals surface area contributed by atoms with Crippen LogP contribution in [-0.4, -0.2) is 87.5 Å². The largest absolute Gasteiger partial charge is 0.394 e. The van der Waals surface area contributed by atoms with E-state index in [4.69, 9.17) is 9.47 Å². The number of unbranched alkanes of at least 4 members (excludes halogenated alkanes) is 20. The molecule has 1 aliphatic heterocycles. The zero-order chi connectivity index (χ0) is 57.2. The lowest BCUT2D eigenvalue weighted by atomic mass is 9.99.